The van der Waals surface area contributed by atoms with Crippen LogP contribution in [0, 0.1) is 17.1 Å². The van der Waals surface area contributed by atoms with Crippen LogP contribution in [-0.4, -0.2) is 46.6 Å². The molecule has 1 atom stereocenters. The Morgan fingerprint density at radius 2 is 1.84 bits per heavy atom. The molecule has 1 N–H and O–H groups in total. The lowest BCUT2D eigenvalue weighted by atomic mass is 9.74. The summed E-state index contributed by atoms with van der Waals surface area (Å²) >= 11 is 0. The van der Waals surface area contributed by atoms with Gasteiger partial charge >= 0.3 is 0 Å². The van der Waals surface area contributed by atoms with Gasteiger partial charge in [-0.2, -0.15) is 5.26 Å². The van der Waals surface area contributed by atoms with Gasteiger partial charge < -0.3 is 5.32 Å². The van der Waals surface area contributed by atoms with Gasteiger partial charge in [-0.3, -0.25) is 9.36 Å². The first-order chi connectivity index (χ1) is 17.4. The van der Waals surface area contributed by atoms with E-state index in [1.165, 1.54) is 40.4 Å². The molecule has 1 saturated heterocycles. The summed E-state index contributed by atoms with van der Waals surface area (Å²) in [6.45, 7) is 1.75. The Bertz CT molecular complexity index is 1560. The standard InChI is InChI=1S/C24H25F3N6O3S/c1-14(15-5-4-6-16(19(15)25)20(26)27)31-21-17-11-18(23(34)32(2)22(17)30-13-29-21)24(12-28)7-9-33(10-8-24)37(3,35)36/h4-6,11,13-14,20H,7-10H2,1-3H3,(H,29,30,31)/t14-/m1/s1. The topological polar surface area (TPSA) is 121 Å². The van der Waals surface area contributed by atoms with Gasteiger partial charge in [0.2, 0.25) is 10.0 Å². The van der Waals surface area contributed by atoms with E-state index in [0.717, 1.165) is 12.3 Å². The van der Waals surface area contributed by atoms with E-state index in [0.29, 0.717) is 5.39 Å². The van der Waals surface area contributed by atoms with Gasteiger partial charge in [0.15, 0.2) is 0 Å². The summed E-state index contributed by atoms with van der Waals surface area (Å²) in [4.78, 5) is 21.7. The number of alkyl halides is 2. The highest BCUT2D eigenvalue weighted by Crippen LogP contribution is 2.36. The lowest BCUT2D eigenvalue weighted by Crippen LogP contribution is -2.46. The van der Waals surface area contributed by atoms with Gasteiger partial charge in [-0.1, -0.05) is 18.2 Å². The maximum Gasteiger partial charge on any atom is 0.266 e. The van der Waals surface area contributed by atoms with Crippen LogP contribution in [0.4, 0.5) is 19.0 Å². The van der Waals surface area contributed by atoms with Crippen molar-refractivity contribution in [2.24, 2.45) is 7.05 Å². The van der Waals surface area contributed by atoms with Crippen molar-refractivity contribution in [1.29, 1.82) is 5.26 Å². The highest BCUT2D eigenvalue weighted by atomic mass is 32.2. The van der Waals surface area contributed by atoms with Crippen molar-refractivity contribution in [2.75, 3.05) is 24.7 Å². The molecule has 37 heavy (non-hydrogen) atoms. The van der Waals surface area contributed by atoms with Crippen LogP contribution in [0.2, 0.25) is 0 Å². The van der Waals surface area contributed by atoms with Gasteiger partial charge in [-0.15, -0.1) is 0 Å². The molecule has 0 amide bonds. The molecule has 196 valence electrons. The zero-order valence-corrected chi connectivity index (χ0v) is 21.2. The third-order valence-corrected chi connectivity index (χ3v) is 8.20. The van der Waals surface area contributed by atoms with Crippen LogP contribution in [0.5, 0.6) is 0 Å². The summed E-state index contributed by atoms with van der Waals surface area (Å²) in [7, 11) is -1.95. The van der Waals surface area contributed by atoms with E-state index >= 15 is 0 Å². The molecular weight excluding hydrogens is 509 g/mol. The number of pyridine rings is 1. The van der Waals surface area contributed by atoms with Crippen molar-refractivity contribution in [3.05, 3.63) is 63.5 Å². The number of aryl methyl sites for hydroxylation is 1. The Kier molecular flexibility index (Phi) is 7.00. The molecule has 13 heteroatoms. The van der Waals surface area contributed by atoms with E-state index in [1.807, 2.05) is 0 Å². The van der Waals surface area contributed by atoms with Gasteiger partial charge in [-0.25, -0.2) is 35.9 Å². The smallest absolute Gasteiger partial charge is 0.266 e. The number of rotatable bonds is 6. The molecule has 1 aliphatic heterocycles. The van der Waals surface area contributed by atoms with Gasteiger partial charge in [-0.05, 0) is 25.8 Å². The number of benzene rings is 1. The first kappa shape index (κ1) is 26.6. The van der Waals surface area contributed by atoms with Crippen molar-refractivity contribution >= 4 is 26.9 Å². The number of halogens is 3. The quantitative estimate of drug-likeness (QED) is 0.515. The molecule has 4 rings (SSSR count). The van der Waals surface area contributed by atoms with Gasteiger partial charge in [0.1, 0.15) is 23.6 Å². The average molecular weight is 535 g/mol. The van der Waals surface area contributed by atoms with Crippen molar-refractivity contribution in [3.63, 3.8) is 0 Å². The number of hydrogen-bond donors (Lipinski definition) is 1. The molecule has 0 aliphatic carbocycles. The van der Waals surface area contributed by atoms with E-state index in [4.69, 9.17) is 0 Å². The molecule has 1 aromatic carbocycles. The van der Waals surface area contributed by atoms with Gasteiger partial charge in [0.05, 0.1) is 34.7 Å². The zero-order chi connectivity index (χ0) is 27.1. The second kappa shape index (κ2) is 9.75. The van der Waals surface area contributed by atoms with E-state index in [2.05, 4.69) is 21.4 Å². The molecule has 2 aromatic heterocycles. The maximum atomic E-state index is 14.7. The fourth-order valence-corrected chi connectivity index (χ4v) is 5.57. The van der Waals surface area contributed by atoms with Crippen molar-refractivity contribution in [2.45, 2.75) is 37.6 Å². The molecule has 9 nitrogen and oxygen atoms in total. The monoisotopic (exact) mass is 534 g/mol. The summed E-state index contributed by atoms with van der Waals surface area (Å²) in [6, 6.07) is 6.73. The molecule has 0 saturated carbocycles. The second-order valence-corrected chi connectivity index (χ2v) is 11.1. The van der Waals surface area contributed by atoms with Crippen LogP contribution < -0.4 is 10.9 Å². The first-order valence-corrected chi connectivity index (χ1v) is 13.3. The molecule has 0 spiro atoms. The molecule has 0 unspecified atom stereocenters. The Labute approximate surface area is 211 Å². The van der Waals surface area contributed by atoms with Crippen molar-refractivity contribution in [3.8, 4) is 6.07 Å². The SMILES string of the molecule is C[C@@H](Nc1ncnc2c1cc(C1(C#N)CCN(S(C)(=O)=O)CC1)c(=O)n2C)c1cccc(C(F)F)c1F. The maximum absolute atomic E-state index is 14.7. The predicted octanol–water partition coefficient (Wildman–Crippen LogP) is 3.40. The molecule has 1 fully saturated rings. The number of hydrogen-bond acceptors (Lipinski definition) is 7. The molecule has 3 aromatic rings. The number of nitrogens with one attached hydrogen (secondary N) is 1. The van der Waals surface area contributed by atoms with E-state index in [-0.39, 0.29) is 48.5 Å². The number of piperidine rings is 1. The molecule has 0 radical (unpaired) electrons. The number of sulfonamides is 1. The summed E-state index contributed by atoms with van der Waals surface area (Å²) in [6.07, 6.45) is -0.420. The van der Waals surface area contributed by atoms with Crippen LogP contribution in [0.3, 0.4) is 0 Å². The highest BCUT2D eigenvalue weighted by molar-refractivity contribution is 7.88. The van der Waals surface area contributed by atoms with Crippen LogP contribution in [0.25, 0.3) is 11.0 Å². The normalized spacial score (nSPS) is 17.0. The largest absolute Gasteiger partial charge is 0.363 e. The Morgan fingerprint density at radius 3 is 2.43 bits per heavy atom. The number of nitriles is 1. The van der Waals surface area contributed by atoms with Crippen LogP contribution in [0.1, 0.15) is 48.9 Å². The van der Waals surface area contributed by atoms with Gasteiger partial charge in [0.25, 0.3) is 12.0 Å². The molecule has 0 bridgehead atoms. The van der Waals surface area contributed by atoms with E-state index in [1.54, 1.807) is 6.92 Å². The number of aromatic nitrogens is 3. The minimum absolute atomic E-state index is 0.0104. The van der Waals surface area contributed by atoms with E-state index in [9.17, 15) is 31.6 Å². The predicted molar refractivity (Wildman–Crippen MR) is 131 cm³/mol. The minimum Gasteiger partial charge on any atom is -0.363 e. The summed E-state index contributed by atoms with van der Waals surface area (Å²) in [5, 5.41) is 13.5. The highest BCUT2D eigenvalue weighted by Gasteiger charge is 2.41. The van der Waals surface area contributed by atoms with Crippen LogP contribution in [0.15, 0.2) is 35.4 Å². The molecular formula is C24H25F3N6O3S. The number of nitrogens with zero attached hydrogens (tertiary/aromatic N) is 5. The lowest BCUT2D eigenvalue weighted by Gasteiger charge is -2.36. The average Bonchev–Trinajstić information content (AvgIpc) is 2.85. The van der Waals surface area contributed by atoms with Crippen LogP contribution >= 0.6 is 0 Å². The van der Waals surface area contributed by atoms with Crippen molar-refractivity contribution < 1.29 is 21.6 Å². The minimum atomic E-state index is -3.45. The summed E-state index contributed by atoms with van der Waals surface area (Å²) in [5.74, 6) is -0.803. The molecule has 1 aliphatic rings. The second-order valence-electron chi connectivity index (χ2n) is 9.15. The van der Waals surface area contributed by atoms with Crippen LogP contribution in [-0.2, 0) is 22.5 Å². The number of anilines is 1. The van der Waals surface area contributed by atoms with Gasteiger partial charge in [0, 0.05) is 31.3 Å². The third-order valence-electron chi connectivity index (χ3n) is 6.89. The van der Waals surface area contributed by atoms with Crippen molar-refractivity contribution in [1.82, 2.24) is 18.8 Å². The third kappa shape index (κ3) is 4.78. The fraction of sp³-hybridized carbons (Fsp3) is 0.417. The fourth-order valence-electron chi connectivity index (χ4n) is 4.72. The Hall–Kier alpha value is -3.50. The summed E-state index contributed by atoms with van der Waals surface area (Å²) in [5.41, 5.74) is -1.96. The number of fused-ring (bicyclic) bond motifs is 1. The zero-order valence-electron chi connectivity index (χ0n) is 20.4. The Morgan fingerprint density at radius 1 is 1.19 bits per heavy atom. The summed E-state index contributed by atoms with van der Waals surface area (Å²) < 4.78 is 67.6. The van der Waals surface area contributed by atoms with E-state index < -0.39 is 44.8 Å². The first-order valence-electron chi connectivity index (χ1n) is 11.4. The Balaban J connectivity index is 1.78. The molecule has 3 heterocycles. The lowest BCUT2D eigenvalue weighted by molar-refractivity contribution is 0.146.